The Morgan fingerprint density at radius 2 is 1.68 bits per heavy atom. The van der Waals surface area contributed by atoms with Gasteiger partial charge in [-0.2, -0.15) is 45.3 Å². The summed E-state index contributed by atoms with van der Waals surface area (Å²) in [6.07, 6.45) is -8.85. The van der Waals surface area contributed by atoms with E-state index in [-0.39, 0.29) is 54.5 Å². The summed E-state index contributed by atoms with van der Waals surface area (Å²) in [5.41, 5.74) is 1.32. The molecule has 4 atom stereocenters. The molecule has 0 fully saturated rings. The molecule has 6 rings (SSSR count). The summed E-state index contributed by atoms with van der Waals surface area (Å²) in [6, 6.07) is 4.77. The number of aromatic nitrogens is 5. The van der Waals surface area contributed by atoms with E-state index in [2.05, 4.69) is 32.3 Å². The van der Waals surface area contributed by atoms with Gasteiger partial charge in [0.1, 0.15) is 40.9 Å². The summed E-state index contributed by atoms with van der Waals surface area (Å²) in [4.78, 5) is 32.0. The van der Waals surface area contributed by atoms with E-state index < -0.39 is 118 Å². The molecule has 0 aliphatic heterocycles. The quantitative estimate of drug-likeness (QED) is 0.0718. The van der Waals surface area contributed by atoms with Gasteiger partial charge in [0.05, 0.1) is 33.7 Å². The molecule has 3 unspecified atom stereocenters. The van der Waals surface area contributed by atoms with Crippen molar-refractivity contribution in [3.63, 3.8) is 0 Å². The Labute approximate surface area is 382 Å². The number of nitrogens with two attached hydrogens (primary N) is 1. The lowest BCUT2D eigenvalue weighted by molar-refractivity contribution is -0.143. The largest absolute Gasteiger partial charge is 0.435 e. The van der Waals surface area contributed by atoms with Crippen molar-refractivity contribution >= 4 is 62.9 Å². The fourth-order valence-electron chi connectivity index (χ4n) is 7.49. The van der Waals surface area contributed by atoms with Crippen LogP contribution in [0.25, 0.3) is 22.0 Å². The van der Waals surface area contributed by atoms with E-state index in [9.17, 15) is 48.9 Å². The summed E-state index contributed by atoms with van der Waals surface area (Å²) < 4.78 is 159. The molecule has 3 aromatic heterocycles. The number of halogens is 11. The number of hydrogen-bond acceptors (Lipinski definition) is 8. The number of amides is 2. The van der Waals surface area contributed by atoms with Crippen LogP contribution < -0.4 is 15.4 Å². The molecule has 2 amide bonds. The van der Waals surface area contributed by atoms with Crippen LogP contribution in [0.15, 0.2) is 42.5 Å². The highest BCUT2D eigenvalue weighted by Crippen LogP contribution is 2.52. The molecule has 11 nitrogen and oxygen atoms in total. The van der Waals surface area contributed by atoms with Gasteiger partial charge in [0.25, 0.3) is 11.8 Å². The van der Waals surface area contributed by atoms with Crippen LogP contribution in [0.5, 0.6) is 0 Å². The monoisotopic (exact) mass is 992 g/mol. The third-order valence-electron chi connectivity index (χ3n) is 10.5. The van der Waals surface area contributed by atoms with Gasteiger partial charge in [-0.3, -0.25) is 23.2 Å². The van der Waals surface area contributed by atoms with Crippen LogP contribution in [0.1, 0.15) is 80.0 Å². The summed E-state index contributed by atoms with van der Waals surface area (Å²) in [5, 5.41) is 9.74. The zero-order chi connectivity index (χ0) is 49.0. The first-order valence-electron chi connectivity index (χ1n) is 19.6. The van der Waals surface area contributed by atoms with Crippen LogP contribution in [0.4, 0.5) is 49.7 Å². The summed E-state index contributed by atoms with van der Waals surface area (Å²) in [6.45, 7) is 2.65. The predicted octanol–water partition coefficient (Wildman–Crippen LogP) is 8.97. The first-order valence-corrected chi connectivity index (χ1v) is 22.7. The van der Waals surface area contributed by atoms with Gasteiger partial charge in [0.2, 0.25) is 5.91 Å². The molecule has 1 aliphatic carbocycles. The maximum Gasteiger partial charge on any atom is 0.435 e. The number of fused-ring (bicyclic) bond motifs is 2. The number of alkyl halides is 8. The zero-order valence-corrected chi connectivity index (χ0v) is 38.0. The van der Waals surface area contributed by atoms with Gasteiger partial charge < -0.3 is 11.1 Å². The number of carbonyl (C=O) groups excluding carboxylic acids is 2. The Hall–Kier alpha value is -5.18. The smallest absolute Gasteiger partial charge is 0.346 e. The minimum Gasteiger partial charge on any atom is -0.346 e. The Bertz CT molecular complexity index is 2800. The molecular formula is C42H39ClF10N8O3S2. The summed E-state index contributed by atoms with van der Waals surface area (Å²) in [5.74, 6) is -4.00. The molecule has 0 radical (unpaired) electrons. The van der Waals surface area contributed by atoms with Crippen molar-refractivity contribution in [2.75, 3.05) is 16.8 Å². The number of rotatable bonds is 12. The molecule has 0 spiro atoms. The molecule has 0 saturated heterocycles. The van der Waals surface area contributed by atoms with Gasteiger partial charge in [0.15, 0.2) is 11.5 Å². The highest BCUT2D eigenvalue weighted by atomic mass is 35.5. The highest BCUT2D eigenvalue weighted by molar-refractivity contribution is 8.00. The van der Waals surface area contributed by atoms with E-state index in [1.807, 2.05) is 0 Å². The number of anilines is 1. The lowest BCUT2D eigenvalue weighted by Crippen LogP contribution is -2.38. The number of nitrogens with one attached hydrogen (secondary N) is 1. The van der Waals surface area contributed by atoms with Gasteiger partial charge in [-0.1, -0.05) is 30.5 Å². The second-order valence-electron chi connectivity index (χ2n) is 16.0. The van der Waals surface area contributed by atoms with Gasteiger partial charge >= 0.3 is 12.4 Å². The average molecular weight is 993 g/mol. The molecule has 1 aliphatic rings. The first-order chi connectivity index (χ1) is 30.5. The Kier molecular flexibility index (Phi) is 14.1. The molecule has 5 aromatic rings. The molecule has 354 valence electrons. The van der Waals surface area contributed by atoms with Gasteiger partial charge in [-0.05, 0) is 86.9 Å². The van der Waals surface area contributed by atoms with Crippen molar-refractivity contribution < 1.29 is 57.7 Å². The second kappa shape index (κ2) is 18.5. The van der Waals surface area contributed by atoms with Crippen LogP contribution in [-0.4, -0.2) is 70.0 Å². The number of carbonyl (C=O) groups is 2. The Morgan fingerprint density at radius 1 is 1.05 bits per heavy atom. The predicted molar refractivity (Wildman–Crippen MR) is 229 cm³/mol. The lowest BCUT2D eigenvalue weighted by atomic mass is 9.93. The standard InChI is InChI=1S/C42H39ClF10N8O3S2/c1-20-17-40(46,47)36-31(20)35(42(51,52)53)57-59(36)18-30(62)56-29(15-22-13-23(44)16-24(45)14-22)33-26(8-7-25(55-33)11-12-39(3,4)66(6)64)27-9-10-28(43)32-34(27)60(19-41(48,49)50)58-37(32)61(65-5)38(63)21(2)54/h7-10,13-14,16,20-21,29H,15,17-19,54H2,1-6H3,(H,56,62)/t20-,21?,29?,66?/m0/s1. The van der Waals surface area contributed by atoms with Crippen LogP contribution in [0.2, 0.25) is 5.02 Å². The van der Waals surface area contributed by atoms with E-state index in [0.717, 1.165) is 35.3 Å². The SMILES string of the molecule is CSN(C(=O)C(C)N)c1nn(CC(F)(F)F)c2c(-c3ccc(C#CC(C)(C)S(C)=O)nc3C(Cc3cc(F)cc(F)c3)NC(=O)Cn3nc(C(F)(F)F)c4c3C(F)(F)C[C@@H]4C)ccc(Cl)c12. The molecule has 24 heteroatoms. The highest BCUT2D eigenvalue weighted by Gasteiger charge is 2.53. The minimum atomic E-state index is -5.19. The van der Waals surface area contributed by atoms with Crippen molar-refractivity contribution in [1.82, 2.24) is 29.9 Å². The normalized spacial score (nSPS) is 16.4. The molecule has 0 bridgehead atoms. The Morgan fingerprint density at radius 3 is 2.26 bits per heavy atom. The molecule has 66 heavy (non-hydrogen) atoms. The van der Waals surface area contributed by atoms with Gasteiger partial charge in [-0.25, -0.2) is 18.1 Å². The summed E-state index contributed by atoms with van der Waals surface area (Å²) in [7, 11) is -1.52. The second-order valence-corrected chi connectivity index (χ2v) is 19.1. The lowest BCUT2D eigenvalue weighted by Gasteiger charge is -2.23. The number of hydrogen-bond donors (Lipinski definition) is 2. The van der Waals surface area contributed by atoms with Crippen molar-refractivity contribution in [2.45, 2.75) is 94.6 Å². The number of nitrogens with zero attached hydrogens (tertiary/aromatic N) is 6. The zero-order valence-electron chi connectivity index (χ0n) is 35.6. The maximum atomic E-state index is 15.3. The molecular weight excluding hydrogens is 954 g/mol. The topological polar surface area (TPSA) is 141 Å². The van der Waals surface area contributed by atoms with Gasteiger partial charge in [0, 0.05) is 52.5 Å². The van der Waals surface area contributed by atoms with E-state index in [1.165, 1.54) is 43.7 Å². The molecule has 3 heterocycles. The fraction of sp³-hybridized carbons (Fsp3) is 0.405. The maximum absolute atomic E-state index is 15.3. The van der Waals surface area contributed by atoms with E-state index >= 15 is 8.78 Å². The van der Waals surface area contributed by atoms with Gasteiger partial charge in [-0.15, -0.1) is 0 Å². The van der Waals surface area contributed by atoms with E-state index in [0.29, 0.717) is 10.7 Å². The van der Waals surface area contributed by atoms with Crippen LogP contribution in [-0.2, 0) is 52.0 Å². The Balaban J connectivity index is 1.63. The minimum absolute atomic E-state index is 0.0870. The molecule has 2 aromatic carbocycles. The fourth-order valence-corrected chi connectivity index (χ4v) is 8.57. The van der Waals surface area contributed by atoms with Crippen LogP contribution in [0, 0.1) is 23.5 Å². The van der Waals surface area contributed by atoms with Crippen LogP contribution >= 0.6 is 23.5 Å². The van der Waals surface area contributed by atoms with Crippen molar-refractivity contribution in [3.05, 3.63) is 93.0 Å². The third kappa shape index (κ3) is 10.5. The van der Waals surface area contributed by atoms with Crippen molar-refractivity contribution in [2.24, 2.45) is 5.73 Å². The average Bonchev–Trinajstić information content (AvgIpc) is 3.83. The number of pyridine rings is 1. The first kappa shape index (κ1) is 50.2. The van der Waals surface area contributed by atoms with E-state index in [1.54, 1.807) is 13.8 Å². The third-order valence-corrected chi connectivity index (χ3v) is 13.1. The number of benzene rings is 2. The van der Waals surface area contributed by atoms with Crippen LogP contribution in [0.3, 0.4) is 0 Å². The molecule has 3 N–H and O–H groups in total. The van der Waals surface area contributed by atoms with E-state index in [4.69, 9.17) is 17.3 Å². The molecule has 0 saturated carbocycles. The van der Waals surface area contributed by atoms with Crippen molar-refractivity contribution in [3.8, 4) is 23.0 Å². The van der Waals surface area contributed by atoms with Crippen molar-refractivity contribution in [1.29, 1.82) is 0 Å². The summed E-state index contributed by atoms with van der Waals surface area (Å²) >= 11 is 7.45.